The van der Waals surface area contributed by atoms with Crippen LogP contribution < -0.4 is 0 Å². The van der Waals surface area contributed by atoms with Crippen molar-refractivity contribution in [1.29, 1.82) is 0 Å². The maximum absolute atomic E-state index is 11.1. The van der Waals surface area contributed by atoms with E-state index in [9.17, 15) is 5.11 Å². The van der Waals surface area contributed by atoms with Crippen molar-refractivity contribution in [1.82, 2.24) is 9.55 Å². The Labute approximate surface area is 111 Å². The van der Waals surface area contributed by atoms with E-state index >= 15 is 0 Å². The van der Waals surface area contributed by atoms with Gasteiger partial charge >= 0.3 is 0 Å². The summed E-state index contributed by atoms with van der Waals surface area (Å²) in [6.45, 7) is 1.25. The van der Waals surface area contributed by atoms with Gasteiger partial charge in [-0.15, -0.1) is 0 Å². The Bertz CT molecular complexity index is 614. The molecule has 98 valence electrons. The summed E-state index contributed by atoms with van der Waals surface area (Å²) in [5.74, 6) is 0. The minimum absolute atomic E-state index is 0.0369. The van der Waals surface area contributed by atoms with Crippen LogP contribution in [0.3, 0.4) is 0 Å². The molecule has 0 radical (unpaired) electrons. The number of aromatic nitrogens is 2. The maximum atomic E-state index is 11.1. The first-order chi connectivity index (χ1) is 9.30. The fourth-order valence-corrected chi connectivity index (χ4v) is 3.38. The molecule has 0 amide bonds. The molecule has 1 saturated heterocycles. The normalized spacial score (nSPS) is 23.9. The molecule has 0 unspecified atom stereocenters. The average molecular weight is 256 g/mol. The molecule has 0 aliphatic carbocycles. The molecule has 0 bridgehead atoms. The lowest BCUT2D eigenvalue weighted by Crippen LogP contribution is -2.43. The van der Waals surface area contributed by atoms with Gasteiger partial charge < -0.3 is 14.4 Å². The first-order valence-electron chi connectivity index (χ1n) is 6.71. The Hall–Kier alpha value is -1.65. The molecule has 0 saturated carbocycles. The minimum atomic E-state index is -0.736. The van der Waals surface area contributed by atoms with Crippen molar-refractivity contribution in [3.05, 3.63) is 42.4 Å². The van der Waals surface area contributed by atoms with Gasteiger partial charge in [-0.25, -0.2) is 4.98 Å². The highest BCUT2D eigenvalue weighted by atomic mass is 16.5. The zero-order valence-corrected chi connectivity index (χ0v) is 10.6. The number of benzene rings is 1. The Balaban J connectivity index is 1.89. The second kappa shape index (κ2) is 3.92. The Morgan fingerprint density at radius 1 is 1.26 bits per heavy atom. The second-order valence-electron chi connectivity index (χ2n) is 5.39. The third kappa shape index (κ3) is 1.50. The monoisotopic (exact) mass is 256 g/mol. The molecule has 4 nitrogen and oxygen atoms in total. The molecule has 19 heavy (non-hydrogen) atoms. The summed E-state index contributed by atoms with van der Waals surface area (Å²) in [7, 11) is 0. The lowest BCUT2D eigenvalue weighted by atomic mass is 9.82. The summed E-state index contributed by atoms with van der Waals surface area (Å²) in [5, 5.41) is 11.1. The quantitative estimate of drug-likeness (QED) is 0.849. The maximum Gasteiger partial charge on any atom is 0.0957 e. The van der Waals surface area contributed by atoms with Crippen LogP contribution in [0.1, 0.15) is 24.4 Å². The van der Waals surface area contributed by atoms with Crippen molar-refractivity contribution in [2.24, 2.45) is 0 Å². The number of fused-ring (bicyclic) bond motifs is 3. The van der Waals surface area contributed by atoms with Gasteiger partial charge in [0.2, 0.25) is 0 Å². The summed E-state index contributed by atoms with van der Waals surface area (Å²) in [5.41, 5.74) is 2.75. The smallest absolute Gasteiger partial charge is 0.0957 e. The SMILES string of the molecule is OC1([C@@H]2c3ccccc3-c3cncn32)CCOCC1. The molecule has 0 spiro atoms. The van der Waals surface area contributed by atoms with Gasteiger partial charge in [-0.3, -0.25) is 0 Å². The van der Waals surface area contributed by atoms with E-state index < -0.39 is 5.60 Å². The Kier molecular flexibility index (Phi) is 2.31. The van der Waals surface area contributed by atoms with E-state index in [1.54, 1.807) is 0 Å². The third-order valence-electron chi connectivity index (χ3n) is 4.34. The van der Waals surface area contributed by atoms with Crippen molar-refractivity contribution in [2.75, 3.05) is 13.2 Å². The highest BCUT2D eigenvalue weighted by Crippen LogP contribution is 2.47. The molecule has 1 N–H and O–H groups in total. The van der Waals surface area contributed by atoms with Crippen LogP contribution in [0.4, 0.5) is 0 Å². The van der Waals surface area contributed by atoms with Crippen LogP contribution >= 0.6 is 0 Å². The van der Waals surface area contributed by atoms with Crippen molar-refractivity contribution in [3.8, 4) is 11.3 Å². The summed E-state index contributed by atoms with van der Waals surface area (Å²) in [6.07, 6.45) is 5.04. The van der Waals surface area contributed by atoms with E-state index in [4.69, 9.17) is 4.74 Å². The van der Waals surface area contributed by atoms with Crippen LogP contribution in [0, 0.1) is 0 Å². The number of nitrogens with zero attached hydrogens (tertiary/aromatic N) is 2. The van der Waals surface area contributed by atoms with Crippen molar-refractivity contribution >= 4 is 0 Å². The van der Waals surface area contributed by atoms with E-state index in [2.05, 4.69) is 21.7 Å². The fraction of sp³-hybridized carbons (Fsp3) is 0.400. The molecule has 4 heteroatoms. The predicted octanol–water partition coefficient (Wildman–Crippen LogP) is 1.99. The highest BCUT2D eigenvalue weighted by Gasteiger charge is 2.44. The predicted molar refractivity (Wildman–Crippen MR) is 70.8 cm³/mol. The molecule has 1 atom stereocenters. The van der Waals surface area contributed by atoms with E-state index in [0.29, 0.717) is 26.1 Å². The van der Waals surface area contributed by atoms with Crippen LogP contribution in [0.5, 0.6) is 0 Å². The molecular weight excluding hydrogens is 240 g/mol. The van der Waals surface area contributed by atoms with Crippen LogP contribution in [-0.2, 0) is 4.74 Å². The molecule has 4 rings (SSSR count). The summed E-state index contributed by atoms with van der Waals surface area (Å²) in [4.78, 5) is 4.24. The standard InChI is InChI=1S/C15H16N2O2/c18-15(5-7-19-8-6-15)14-12-4-2-1-3-11(12)13-9-16-10-17(13)14/h1-4,9-10,14,18H,5-8H2/t14-/m0/s1. The molecular formula is C15H16N2O2. The number of hydrogen-bond donors (Lipinski definition) is 1. The zero-order chi connectivity index (χ0) is 12.9. The largest absolute Gasteiger partial charge is 0.387 e. The van der Waals surface area contributed by atoms with Gasteiger partial charge in [0.1, 0.15) is 0 Å². The first-order valence-corrected chi connectivity index (χ1v) is 6.71. The summed E-state index contributed by atoms with van der Waals surface area (Å²) >= 11 is 0. The summed E-state index contributed by atoms with van der Waals surface area (Å²) < 4.78 is 7.50. The minimum Gasteiger partial charge on any atom is -0.387 e. The van der Waals surface area contributed by atoms with Crippen molar-refractivity contribution < 1.29 is 9.84 Å². The average Bonchev–Trinajstić information content (AvgIpc) is 2.99. The van der Waals surface area contributed by atoms with Gasteiger partial charge in [0.25, 0.3) is 0 Å². The lowest BCUT2D eigenvalue weighted by molar-refractivity contribution is -0.0841. The molecule has 3 heterocycles. The highest BCUT2D eigenvalue weighted by molar-refractivity contribution is 5.69. The molecule has 2 aliphatic heterocycles. The fourth-order valence-electron chi connectivity index (χ4n) is 3.38. The van der Waals surface area contributed by atoms with E-state index in [1.165, 1.54) is 11.1 Å². The van der Waals surface area contributed by atoms with Gasteiger partial charge in [-0.2, -0.15) is 0 Å². The molecule has 1 fully saturated rings. The molecule has 2 aromatic rings. The van der Waals surface area contributed by atoms with Gasteiger partial charge in [-0.1, -0.05) is 24.3 Å². The van der Waals surface area contributed by atoms with E-state index in [1.807, 2.05) is 24.7 Å². The van der Waals surface area contributed by atoms with E-state index in [-0.39, 0.29) is 6.04 Å². The van der Waals surface area contributed by atoms with Crippen LogP contribution in [0.15, 0.2) is 36.8 Å². The number of imidazole rings is 1. The van der Waals surface area contributed by atoms with Crippen molar-refractivity contribution in [3.63, 3.8) is 0 Å². The Morgan fingerprint density at radius 3 is 2.89 bits per heavy atom. The number of hydrogen-bond acceptors (Lipinski definition) is 3. The van der Waals surface area contributed by atoms with Gasteiger partial charge in [0.05, 0.1) is 29.9 Å². The third-order valence-corrected chi connectivity index (χ3v) is 4.34. The van der Waals surface area contributed by atoms with Crippen LogP contribution in [-0.4, -0.2) is 33.5 Å². The Morgan fingerprint density at radius 2 is 2.05 bits per heavy atom. The van der Waals surface area contributed by atoms with Crippen molar-refractivity contribution in [2.45, 2.75) is 24.5 Å². The molecule has 1 aromatic carbocycles. The van der Waals surface area contributed by atoms with Gasteiger partial charge in [0.15, 0.2) is 0 Å². The van der Waals surface area contributed by atoms with Crippen LogP contribution in [0.25, 0.3) is 11.3 Å². The number of ether oxygens (including phenoxy) is 1. The summed E-state index contributed by atoms with van der Waals surface area (Å²) in [6, 6.07) is 8.25. The van der Waals surface area contributed by atoms with E-state index in [0.717, 1.165) is 5.69 Å². The second-order valence-corrected chi connectivity index (χ2v) is 5.39. The molecule has 2 aliphatic rings. The first kappa shape index (κ1) is 11.2. The zero-order valence-electron chi connectivity index (χ0n) is 10.6. The topological polar surface area (TPSA) is 47.3 Å². The molecule has 1 aromatic heterocycles. The van der Waals surface area contributed by atoms with Gasteiger partial charge in [0, 0.05) is 31.6 Å². The number of rotatable bonds is 1. The van der Waals surface area contributed by atoms with Crippen LogP contribution in [0.2, 0.25) is 0 Å². The lowest BCUT2D eigenvalue weighted by Gasteiger charge is -2.38. The van der Waals surface area contributed by atoms with Gasteiger partial charge in [-0.05, 0) is 5.56 Å². The number of aliphatic hydroxyl groups is 1.